The van der Waals surface area contributed by atoms with Gasteiger partial charge in [-0.15, -0.1) is 0 Å². The molecule has 0 saturated carbocycles. The minimum absolute atomic E-state index is 0.0334. The fourth-order valence-corrected chi connectivity index (χ4v) is 2.05. The van der Waals surface area contributed by atoms with Gasteiger partial charge < -0.3 is 15.5 Å². The van der Waals surface area contributed by atoms with Crippen LogP contribution in [0.25, 0.3) is 0 Å². The van der Waals surface area contributed by atoms with Crippen molar-refractivity contribution in [1.82, 2.24) is 15.6 Å². The topological polar surface area (TPSA) is 57.3 Å². The van der Waals surface area contributed by atoms with Crippen molar-refractivity contribution in [3.63, 3.8) is 0 Å². The molecule has 0 atom stereocenters. The molecule has 0 saturated heterocycles. The van der Waals surface area contributed by atoms with Crippen LogP contribution >= 0.6 is 0 Å². The van der Waals surface area contributed by atoms with Gasteiger partial charge in [0.15, 0.2) is 0 Å². The number of amides is 1. The fourth-order valence-electron chi connectivity index (χ4n) is 2.05. The van der Waals surface area contributed by atoms with E-state index in [0.717, 1.165) is 36.5 Å². The van der Waals surface area contributed by atoms with E-state index in [1.54, 1.807) is 0 Å². The summed E-state index contributed by atoms with van der Waals surface area (Å²) in [4.78, 5) is 18.1. The van der Waals surface area contributed by atoms with Crippen LogP contribution < -0.4 is 15.5 Å². The van der Waals surface area contributed by atoms with Crippen LogP contribution in [0, 0.1) is 6.92 Å². The molecule has 1 rings (SSSR count). The van der Waals surface area contributed by atoms with Gasteiger partial charge in [-0.2, -0.15) is 0 Å². The first-order valence-corrected chi connectivity index (χ1v) is 7.60. The van der Waals surface area contributed by atoms with E-state index in [0.29, 0.717) is 12.6 Å². The molecule has 5 nitrogen and oxygen atoms in total. The Kier molecular flexibility index (Phi) is 7.15. The van der Waals surface area contributed by atoms with Crippen molar-refractivity contribution < 1.29 is 4.79 Å². The third-order valence-electron chi connectivity index (χ3n) is 3.14. The zero-order valence-electron chi connectivity index (χ0n) is 13.9. The Hall–Kier alpha value is -1.62. The average Bonchev–Trinajstić information content (AvgIpc) is 2.42. The van der Waals surface area contributed by atoms with Crippen LogP contribution in [0.2, 0.25) is 0 Å². The van der Waals surface area contributed by atoms with E-state index in [1.165, 1.54) is 0 Å². The van der Waals surface area contributed by atoms with Crippen molar-refractivity contribution in [2.75, 3.05) is 25.0 Å². The minimum atomic E-state index is 0.0334. The van der Waals surface area contributed by atoms with Crippen molar-refractivity contribution in [2.24, 2.45) is 0 Å². The van der Waals surface area contributed by atoms with Crippen LogP contribution in [0.3, 0.4) is 0 Å². The molecule has 1 aromatic rings. The molecule has 0 bridgehead atoms. The summed E-state index contributed by atoms with van der Waals surface area (Å²) in [6.07, 6.45) is 2.82. The Morgan fingerprint density at radius 1 is 1.43 bits per heavy atom. The van der Waals surface area contributed by atoms with E-state index < -0.39 is 0 Å². The number of hydrogen-bond donors (Lipinski definition) is 2. The third kappa shape index (κ3) is 6.12. The second-order valence-corrected chi connectivity index (χ2v) is 5.73. The highest BCUT2D eigenvalue weighted by Gasteiger charge is 2.11. The van der Waals surface area contributed by atoms with Gasteiger partial charge in [-0.25, -0.2) is 4.98 Å². The van der Waals surface area contributed by atoms with Gasteiger partial charge in [0.25, 0.3) is 0 Å². The van der Waals surface area contributed by atoms with Gasteiger partial charge in [0.1, 0.15) is 5.82 Å². The molecule has 0 aromatic carbocycles. The van der Waals surface area contributed by atoms with Gasteiger partial charge in [0.05, 0.1) is 6.54 Å². The third-order valence-corrected chi connectivity index (χ3v) is 3.14. The highest BCUT2D eigenvalue weighted by Crippen LogP contribution is 2.16. The second kappa shape index (κ2) is 8.62. The highest BCUT2D eigenvalue weighted by molar-refractivity contribution is 5.81. The number of rotatable bonds is 8. The van der Waals surface area contributed by atoms with Crippen molar-refractivity contribution in [1.29, 1.82) is 0 Å². The summed E-state index contributed by atoms with van der Waals surface area (Å²) < 4.78 is 0. The van der Waals surface area contributed by atoms with Crippen LogP contribution in [0.4, 0.5) is 5.82 Å². The summed E-state index contributed by atoms with van der Waals surface area (Å²) in [5, 5.41) is 6.25. The van der Waals surface area contributed by atoms with E-state index in [4.69, 9.17) is 0 Å². The predicted octanol–water partition coefficient (Wildman–Crippen LogP) is 1.85. The first-order valence-electron chi connectivity index (χ1n) is 7.60. The van der Waals surface area contributed by atoms with Gasteiger partial charge >= 0.3 is 0 Å². The zero-order valence-corrected chi connectivity index (χ0v) is 13.9. The molecular formula is C16H28N4O. The summed E-state index contributed by atoms with van der Waals surface area (Å²) in [7, 11) is 1.90. The number of aromatic nitrogens is 1. The smallest absolute Gasteiger partial charge is 0.239 e. The van der Waals surface area contributed by atoms with Gasteiger partial charge in [0, 0.05) is 32.4 Å². The molecular weight excluding hydrogens is 264 g/mol. The standard InChI is InChI=1S/C16H28N4O/c1-6-7-17-15(21)11-20(5)16-13(4)8-14(10-19-16)9-18-12(2)3/h8,10,12,18H,6-7,9,11H2,1-5H3,(H,17,21). The molecule has 0 fully saturated rings. The molecule has 0 spiro atoms. The Bertz CT molecular complexity index is 460. The van der Waals surface area contributed by atoms with Crippen molar-refractivity contribution in [3.05, 3.63) is 23.4 Å². The minimum Gasteiger partial charge on any atom is -0.355 e. The number of pyridine rings is 1. The van der Waals surface area contributed by atoms with E-state index in [1.807, 2.05) is 32.0 Å². The molecule has 0 radical (unpaired) electrons. The number of likely N-dealkylation sites (N-methyl/N-ethyl adjacent to an activating group) is 1. The lowest BCUT2D eigenvalue weighted by Crippen LogP contribution is -2.36. The number of hydrogen-bond acceptors (Lipinski definition) is 4. The maximum absolute atomic E-state index is 11.8. The van der Waals surface area contributed by atoms with Crippen molar-refractivity contribution in [2.45, 2.75) is 46.7 Å². The Labute approximate surface area is 128 Å². The van der Waals surface area contributed by atoms with Gasteiger partial charge in [0.2, 0.25) is 5.91 Å². The average molecular weight is 292 g/mol. The van der Waals surface area contributed by atoms with Gasteiger partial charge in [-0.05, 0) is 30.5 Å². The molecule has 118 valence electrons. The summed E-state index contributed by atoms with van der Waals surface area (Å²) in [5.74, 6) is 0.890. The molecule has 0 aliphatic carbocycles. The number of anilines is 1. The van der Waals surface area contributed by atoms with Gasteiger partial charge in [-0.1, -0.05) is 20.8 Å². The van der Waals surface area contributed by atoms with Crippen LogP contribution in [-0.2, 0) is 11.3 Å². The summed E-state index contributed by atoms with van der Waals surface area (Å²) in [5.41, 5.74) is 2.25. The van der Waals surface area contributed by atoms with Crippen LogP contribution in [0.1, 0.15) is 38.3 Å². The normalized spacial score (nSPS) is 10.8. The van der Waals surface area contributed by atoms with Crippen molar-refractivity contribution >= 4 is 11.7 Å². The number of carbonyl (C=O) groups excluding carboxylic acids is 1. The Morgan fingerprint density at radius 2 is 2.14 bits per heavy atom. The fraction of sp³-hybridized carbons (Fsp3) is 0.625. The summed E-state index contributed by atoms with van der Waals surface area (Å²) >= 11 is 0. The number of nitrogens with one attached hydrogen (secondary N) is 2. The van der Waals surface area contributed by atoms with Crippen molar-refractivity contribution in [3.8, 4) is 0 Å². The maximum atomic E-state index is 11.8. The molecule has 5 heteroatoms. The number of carbonyl (C=O) groups is 1. The first-order chi connectivity index (χ1) is 9.93. The zero-order chi connectivity index (χ0) is 15.8. The second-order valence-electron chi connectivity index (χ2n) is 5.73. The molecule has 1 amide bonds. The molecule has 1 heterocycles. The Balaban J connectivity index is 2.64. The molecule has 2 N–H and O–H groups in total. The lowest BCUT2D eigenvalue weighted by Gasteiger charge is -2.20. The van der Waals surface area contributed by atoms with E-state index in [9.17, 15) is 4.79 Å². The monoisotopic (exact) mass is 292 g/mol. The molecule has 21 heavy (non-hydrogen) atoms. The van der Waals surface area contributed by atoms with Crippen LogP contribution in [-0.4, -0.2) is 37.1 Å². The highest BCUT2D eigenvalue weighted by atomic mass is 16.2. The molecule has 0 aliphatic rings. The first kappa shape index (κ1) is 17.4. The summed E-state index contributed by atoms with van der Waals surface area (Å²) in [6, 6.07) is 2.58. The lowest BCUT2D eigenvalue weighted by molar-refractivity contribution is -0.119. The number of aryl methyl sites for hydroxylation is 1. The van der Waals surface area contributed by atoms with Crippen LogP contribution in [0.15, 0.2) is 12.3 Å². The Morgan fingerprint density at radius 3 is 2.71 bits per heavy atom. The quantitative estimate of drug-likeness (QED) is 0.768. The lowest BCUT2D eigenvalue weighted by atomic mass is 10.2. The molecule has 1 aromatic heterocycles. The molecule has 0 unspecified atom stereocenters. The SMILES string of the molecule is CCCNC(=O)CN(C)c1ncc(CNC(C)C)cc1C. The number of nitrogens with zero attached hydrogens (tertiary/aromatic N) is 2. The van der Waals surface area contributed by atoms with Crippen LogP contribution in [0.5, 0.6) is 0 Å². The molecule has 0 aliphatic heterocycles. The maximum Gasteiger partial charge on any atom is 0.239 e. The largest absolute Gasteiger partial charge is 0.355 e. The van der Waals surface area contributed by atoms with Gasteiger partial charge in [-0.3, -0.25) is 4.79 Å². The summed E-state index contributed by atoms with van der Waals surface area (Å²) in [6.45, 7) is 10.2. The predicted molar refractivity (Wildman–Crippen MR) is 87.5 cm³/mol. The van der Waals surface area contributed by atoms with E-state index >= 15 is 0 Å². The van der Waals surface area contributed by atoms with E-state index in [-0.39, 0.29) is 5.91 Å². The van der Waals surface area contributed by atoms with E-state index in [2.05, 4.69) is 35.5 Å².